The van der Waals surface area contributed by atoms with Gasteiger partial charge in [-0.25, -0.2) is 4.79 Å². The average Bonchev–Trinajstić information content (AvgIpc) is 3.31. The van der Waals surface area contributed by atoms with E-state index in [4.69, 9.17) is 15.9 Å². The summed E-state index contributed by atoms with van der Waals surface area (Å²) in [6.07, 6.45) is 8.86. The topological polar surface area (TPSA) is 38.8 Å². The fourth-order valence-corrected chi connectivity index (χ4v) is 6.59. The Bertz CT molecular complexity index is 1920. The molecule has 4 heteroatoms. The molecule has 1 aliphatic carbocycles. The largest absolute Gasteiger partial charge is 0.462 e. The Morgan fingerprint density at radius 3 is 2.09 bits per heavy atom. The van der Waals surface area contributed by atoms with Crippen LogP contribution in [0.5, 0.6) is 5.75 Å². The SMILES string of the molecule is C#CC#CC#COc1ccc(C2(c3ccc(CN(C)CCC)c(C)c3)c3cc(C)ccc3-c3ccc(C)cc32)cc1C(=O)OCC. The second-order valence-corrected chi connectivity index (χ2v) is 11.9. The molecule has 230 valence electrons. The molecule has 46 heavy (non-hydrogen) atoms. The molecule has 0 unspecified atom stereocenters. The highest BCUT2D eigenvalue weighted by Crippen LogP contribution is 2.57. The van der Waals surface area contributed by atoms with Crippen LogP contribution in [0.1, 0.15) is 75.1 Å². The van der Waals surface area contributed by atoms with Crippen molar-refractivity contribution in [3.63, 3.8) is 0 Å². The van der Waals surface area contributed by atoms with E-state index in [1.54, 1.807) is 13.0 Å². The highest BCUT2D eigenvalue weighted by molar-refractivity contribution is 5.94. The van der Waals surface area contributed by atoms with E-state index in [0.717, 1.165) is 41.8 Å². The lowest BCUT2D eigenvalue weighted by molar-refractivity contribution is 0.0523. The molecule has 0 N–H and O–H groups in total. The molecule has 0 saturated carbocycles. The Morgan fingerprint density at radius 2 is 1.48 bits per heavy atom. The average molecular weight is 606 g/mol. The Balaban J connectivity index is 1.81. The highest BCUT2D eigenvalue weighted by Gasteiger charge is 2.47. The lowest BCUT2D eigenvalue weighted by atomic mass is 9.66. The monoisotopic (exact) mass is 605 g/mol. The minimum Gasteiger partial charge on any atom is -0.462 e. The third kappa shape index (κ3) is 6.04. The smallest absolute Gasteiger partial charge is 0.341 e. The highest BCUT2D eigenvalue weighted by atomic mass is 16.5. The molecule has 0 fully saturated rings. The predicted molar refractivity (Wildman–Crippen MR) is 186 cm³/mol. The Hall–Kier alpha value is -5.21. The summed E-state index contributed by atoms with van der Waals surface area (Å²) in [6, 6.07) is 25.9. The molecular formula is C42H39NO3. The number of nitrogens with zero attached hydrogens (tertiary/aromatic N) is 1. The number of carbonyl (C=O) groups is 1. The van der Waals surface area contributed by atoms with Gasteiger partial charge in [0.2, 0.25) is 0 Å². The van der Waals surface area contributed by atoms with Gasteiger partial charge >= 0.3 is 5.97 Å². The summed E-state index contributed by atoms with van der Waals surface area (Å²) in [6.45, 7) is 12.6. The lowest BCUT2D eigenvalue weighted by Gasteiger charge is -2.35. The van der Waals surface area contributed by atoms with Crippen LogP contribution in [0, 0.1) is 57.0 Å². The van der Waals surface area contributed by atoms with E-state index < -0.39 is 11.4 Å². The first-order chi connectivity index (χ1) is 22.2. The van der Waals surface area contributed by atoms with Crippen molar-refractivity contribution in [2.45, 2.75) is 53.0 Å². The third-order valence-corrected chi connectivity index (χ3v) is 8.59. The van der Waals surface area contributed by atoms with Crippen LogP contribution < -0.4 is 4.74 Å². The molecule has 0 atom stereocenters. The second kappa shape index (κ2) is 13.8. The zero-order valence-corrected chi connectivity index (χ0v) is 27.5. The van der Waals surface area contributed by atoms with Crippen LogP contribution in [0.4, 0.5) is 0 Å². The van der Waals surface area contributed by atoms with Gasteiger partial charge in [-0.2, -0.15) is 0 Å². The molecule has 0 saturated heterocycles. The van der Waals surface area contributed by atoms with Gasteiger partial charge in [-0.05, 0) is 116 Å². The van der Waals surface area contributed by atoms with Gasteiger partial charge in [0.15, 0.2) is 5.75 Å². The lowest BCUT2D eigenvalue weighted by Crippen LogP contribution is -2.29. The summed E-state index contributed by atoms with van der Waals surface area (Å²) in [5, 5.41) is 0. The summed E-state index contributed by atoms with van der Waals surface area (Å²) in [4.78, 5) is 15.8. The number of rotatable bonds is 9. The predicted octanol–water partition coefficient (Wildman–Crippen LogP) is 7.97. The first-order valence-corrected chi connectivity index (χ1v) is 15.7. The minimum absolute atomic E-state index is 0.226. The summed E-state index contributed by atoms with van der Waals surface area (Å²) < 4.78 is 11.3. The molecule has 0 spiro atoms. The number of esters is 1. The summed E-state index contributed by atoms with van der Waals surface area (Å²) >= 11 is 0. The number of aryl methyl sites for hydroxylation is 3. The third-order valence-electron chi connectivity index (χ3n) is 8.59. The van der Waals surface area contributed by atoms with Gasteiger partial charge in [-0.1, -0.05) is 78.7 Å². The number of terminal acetylenes is 1. The van der Waals surface area contributed by atoms with Crippen molar-refractivity contribution in [2.75, 3.05) is 20.2 Å². The summed E-state index contributed by atoms with van der Waals surface area (Å²) in [5.41, 5.74) is 11.2. The fraction of sp³-hybridized carbons (Fsp3) is 0.262. The van der Waals surface area contributed by atoms with Crippen molar-refractivity contribution in [1.82, 2.24) is 4.90 Å². The molecule has 5 rings (SSSR count). The van der Waals surface area contributed by atoms with Crippen LogP contribution in [0.15, 0.2) is 72.8 Å². The molecular weight excluding hydrogens is 566 g/mol. The molecule has 0 aliphatic heterocycles. The van der Waals surface area contributed by atoms with Crippen molar-refractivity contribution < 1.29 is 14.3 Å². The Kier molecular flexibility index (Phi) is 9.68. The van der Waals surface area contributed by atoms with Gasteiger partial charge in [0.1, 0.15) is 11.7 Å². The van der Waals surface area contributed by atoms with Gasteiger partial charge in [0.05, 0.1) is 12.0 Å². The number of hydrogen-bond donors (Lipinski definition) is 0. The van der Waals surface area contributed by atoms with Gasteiger partial charge in [0, 0.05) is 18.4 Å². The molecule has 4 aromatic rings. The van der Waals surface area contributed by atoms with E-state index in [1.807, 2.05) is 12.1 Å². The number of hydrogen-bond acceptors (Lipinski definition) is 4. The minimum atomic E-state index is -0.703. The van der Waals surface area contributed by atoms with Gasteiger partial charge in [-0.3, -0.25) is 0 Å². The van der Waals surface area contributed by atoms with Crippen molar-refractivity contribution in [1.29, 1.82) is 0 Å². The zero-order chi connectivity index (χ0) is 32.8. The number of ether oxygens (including phenoxy) is 2. The molecule has 0 aromatic heterocycles. The second-order valence-electron chi connectivity index (χ2n) is 11.9. The maximum Gasteiger partial charge on any atom is 0.341 e. The Morgan fingerprint density at radius 1 is 0.826 bits per heavy atom. The quantitative estimate of drug-likeness (QED) is 0.126. The molecule has 0 radical (unpaired) electrons. The molecule has 1 aliphatic rings. The molecule has 4 aromatic carbocycles. The fourth-order valence-electron chi connectivity index (χ4n) is 6.59. The first-order valence-electron chi connectivity index (χ1n) is 15.7. The number of carbonyl (C=O) groups excluding carboxylic acids is 1. The molecule has 0 amide bonds. The van der Waals surface area contributed by atoms with Crippen LogP contribution >= 0.6 is 0 Å². The van der Waals surface area contributed by atoms with E-state index in [9.17, 15) is 4.79 Å². The van der Waals surface area contributed by atoms with E-state index in [0.29, 0.717) is 11.3 Å². The van der Waals surface area contributed by atoms with Crippen molar-refractivity contribution in [3.8, 4) is 53.1 Å². The molecule has 4 nitrogen and oxygen atoms in total. The summed E-state index contributed by atoms with van der Waals surface area (Å²) in [7, 11) is 2.17. The van der Waals surface area contributed by atoms with Crippen molar-refractivity contribution in [3.05, 3.63) is 123 Å². The standard InChI is InChI=1S/C42H39NO3/c1-8-11-12-13-23-46-40-21-18-34(27-37(40)41(44)45-10-3)42(33-17-16-32(31(6)26-33)28-43(7)22-9-2)38-24-29(4)14-19-35(38)36-20-15-30(5)25-39(36)42/h1,14-21,24-27H,9-10,22,28H2,2-7H3. The van der Waals surface area contributed by atoms with Gasteiger partial charge < -0.3 is 14.4 Å². The molecule has 0 heterocycles. The van der Waals surface area contributed by atoms with Crippen molar-refractivity contribution in [2.24, 2.45) is 0 Å². The van der Waals surface area contributed by atoms with E-state index in [-0.39, 0.29) is 6.61 Å². The van der Waals surface area contributed by atoms with Crippen LogP contribution in [0.3, 0.4) is 0 Å². The van der Waals surface area contributed by atoms with Crippen LogP contribution in [0.25, 0.3) is 11.1 Å². The Labute approximate surface area is 273 Å². The van der Waals surface area contributed by atoms with Crippen LogP contribution in [-0.4, -0.2) is 31.1 Å². The zero-order valence-electron chi connectivity index (χ0n) is 27.5. The summed E-state index contributed by atoms with van der Waals surface area (Å²) in [5.74, 6) is 9.59. The number of benzene rings is 4. The van der Waals surface area contributed by atoms with E-state index in [2.05, 4.69) is 124 Å². The first kappa shape index (κ1) is 32.2. The van der Waals surface area contributed by atoms with E-state index in [1.165, 1.54) is 33.4 Å². The maximum absolute atomic E-state index is 13.5. The maximum atomic E-state index is 13.5. The van der Waals surface area contributed by atoms with Crippen LogP contribution in [-0.2, 0) is 16.7 Å². The molecule has 0 bridgehead atoms. The van der Waals surface area contributed by atoms with Crippen molar-refractivity contribution >= 4 is 5.97 Å². The van der Waals surface area contributed by atoms with Crippen LogP contribution in [0.2, 0.25) is 0 Å². The normalized spacial score (nSPS) is 12.1. The van der Waals surface area contributed by atoms with E-state index >= 15 is 0 Å². The van der Waals surface area contributed by atoms with Gasteiger partial charge in [0.25, 0.3) is 0 Å². The number of fused-ring (bicyclic) bond motifs is 3. The van der Waals surface area contributed by atoms with Gasteiger partial charge in [-0.15, -0.1) is 6.42 Å².